The van der Waals surface area contributed by atoms with Gasteiger partial charge in [0.1, 0.15) is 6.04 Å². The van der Waals surface area contributed by atoms with E-state index in [0.29, 0.717) is 0 Å². The quantitative estimate of drug-likeness (QED) is 0.650. The predicted octanol–water partition coefficient (Wildman–Crippen LogP) is 0.574. The van der Waals surface area contributed by atoms with E-state index in [1.165, 1.54) is 4.90 Å². The average molecular weight is 185 g/mol. The summed E-state index contributed by atoms with van der Waals surface area (Å²) >= 11 is 0. The summed E-state index contributed by atoms with van der Waals surface area (Å²) in [6, 6.07) is -0.678. The van der Waals surface area contributed by atoms with Gasteiger partial charge in [-0.1, -0.05) is 20.8 Å². The van der Waals surface area contributed by atoms with Crippen LogP contribution in [0.25, 0.3) is 0 Å². The summed E-state index contributed by atoms with van der Waals surface area (Å²) in [5, 5.41) is 8.91. The number of carbonyl (C=O) groups excluding carboxylic acids is 1. The van der Waals surface area contributed by atoms with Crippen molar-refractivity contribution in [3.8, 4) is 0 Å². The highest BCUT2D eigenvalue weighted by Crippen LogP contribution is 2.39. The Balaban J connectivity index is 3.06. The molecule has 1 aliphatic heterocycles. The van der Waals surface area contributed by atoms with E-state index < -0.39 is 17.4 Å². The molecule has 0 spiro atoms. The molecule has 4 heteroatoms. The summed E-state index contributed by atoms with van der Waals surface area (Å²) in [6.07, 6.45) is 0. The third kappa shape index (κ3) is 1.20. The molecule has 1 amide bonds. The Bertz CT molecular complexity index is 260. The maximum atomic E-state index is 11.6. The lowest BCUT2D eigenvalue weighted by Crippen LogP contribution is -2.37. The number of hydrogen-bond acceptors (Lipinski definition) is 2. The summed E-state index contributed by atoms with van der Waals surface area (Å²) in [6.45, 7) is 5.39. The van der Waals surface area contributed by atoms with E-state index in [-0.39, 0.29) is 11.8 Å². The second-order valence-corrected chi connectivity index (χ2v) is 4.21. The number of hydrogen-bond donors (Lipinski definition) is 1. The zero-order valence-corrected chi connectivity index (χ0v) is 8.37. The zero-order valence-electron chi connectivity index (χ0n) is 8.37. The van der Waals surface area contributed by atoms with Crippen LogP contribution in [0, 0.1) is 11.3 Å². The van der Waals surface area contributed by atoms with Gasteiger partial charge in [0.15, 0.2) is 0 Å². The van der Waals surface area contributed by atoms with E-state index >= 15 is 0 Å². The molecule has 1 N–H and O–H groups in total. The van der Waals surface area contributed by atoms with Gasteiger partial charge in [-0.15, -0.1) is 0 Å². The lowest BCUT2D eigenvalue weighted by atomic mass is 9.80. The minimum absolute atomic E-state index is 0.0904. The van der Waals surface area contributed by atoms with Crippen molar-refractivity contribution in [2.24, 2.45) is 11.3 Å². The molecule has 4 nitrogen and oxygen atoms in total. The van der Waals surface area contributed by atoms with Gasteiger partial charge >= 0.3 is 5.97 Å². The number of amides is 1. The van der Waals surface area contributed by atoms with Crippen molar-refractivity contribution in [1.82, 2.24) is 4.90 Å². The fourth-order valence-corrected chi connectivity index (χ4v) is 1.89. The molecule has 0 aromatic carbocycles. The van der Waals surface area contributed by atoms with Crippen molar-refractivity contribution < 1.29 is 14.7 Å². The molecule has 74 valence electrons. The van der Waals surface area contributed by atoms with Crippen LogP contribution < -0.4 is 0 Å². The van der Waals surface area contributed by atoms with Crippen LogP contribution in [0.2, 0.25) is 0 Å². The zero-order chi connectivity index (χ0) is 10.4. The van der Waals surface area contributed by atoms with Crippen LogP contribution in [0.3, 0.4) is 0 Å². The Morgan fingerprint density at radius 3 is 2.15 bits per heavy atom. The molecule has 0 saturated carbocycles. The van der Waals surface area contributed by atoms with Crippen molar-refractivity contribution in [1.29, 1.82) is 0 Å². The number of likely N-dealkylation sites (tertiary alicyclic amines) is 1. The summed E-state index contributed by atoms with van der Waals surface area (Å²) in [7, 11) is 1.55. The van der Waals surface area contributed by atoms with E-state index in [2.05, 4.69) is 0 Å². The minimum atomic E-state index is -0.922. The summed E-state index contributed by atoms with van der Waals surface area (Å²) in [5.41, 5.74) is -0.558. The molecule has 1 fully saturated rings. The minimum Gasteiger partial charge on any atom is -0.480 e. The predicted molar refractivity (Wildman–Crippen MR) is 47.1 cm³/mol. The smallest absolute Gasteiger partial charge is 0.326 e. The molecule has 2 atom stereocenters. The van der Waals surface area contributed by atoms with Crippen LogP contribution in [0.1, 0.15) is 20.8 Å². The fourth-order valence-electron chi connectivity index (χ4n) is 1.89. The number of carboxylic acid groups (broad SMARTS) is 1. The largest absolute Gasteiger partial charge is 0.480 e. The number of carboxylic acids is 1. The van der Waals surface area contributed by atoms with Crippen LogP contribution >= 0.6 is 0 Å². The topological polar surface area (TPSA) is 57.6 Å². The van der Waals surface area contributed by atoms with Crippen molar-refractivity contribution >= 4 is 11.9 Å². The molecule has 1 saturated heterocycles. The van der Waals surface area contributed by atoms with Gasteiger partial charge in [0.2, 0.25) is 5.91 Å². The van der Waals surface area contributed by atoms with E-state index in [1.807, 2.05) is 0 Å². The number of aliphatic carboxylic acids is 1. The highest BCUT2D eigenvalue weighted by atomic mass is 16.4. The molecule has 1 aliphatic rings. The Kier molecular flexibility index (Phi) is 2.10. The number of carbonyl (C=O) groups is 2. The van der Waals surface area contributed by atoms with Gasteiger partial charge in [-0.2, -0.15) is 0 Å². The van der Waals surface area contributed by atoms with Gasteiger partial charge in [-0.25, -0.2) is 4.79 Å². The monoisotopic (exact) mass is 185 g/mol. The summed E-state index contributed by atoms with van der Waals surface area (Å²) < 4.78 is 0. The van der Waals surface area contributed by atoms with E-state index in [0.717, 1.165) is 0 Å². The maximum absolute atomic E-state index is 11.6. The molecular weight excluding hydrogens is 170 g/mol. The lowest BCUT2D eigenvalue weighted by Gasteiger charge is -2.20. The first-order chi connectivity index (χ1) is 5.80. The SMILES string of the molecule is CC1C(C(=O)O)N(C)C(=O)C1(C)C. The summed E-state index contributed by atoms with van der Waals surface area (Å²) in [5.74, 6) is -1.16. The van der Waals surface area contributed by atoms with Crippen LogP contribution in [0.4, 0.5) is 0 Å². The van der Waals surface area contributed by atoms with Crippen molar-refractivity contribution in [2.75, 3.05) is 7.05 Å². The van der Waals surface area contributed by atoms with Crippen LogP contribution in [0.5, 0.6) is 0 Å². The van der Waals surface area contributed by atoms with E-state index in [4.69, 9.17) is 5.11 Å². The standard InChI is InChI=1S/C9H15NO3/c1-5-6(7(11)12)10(4)8(13)9(5,2)3/h5-6H,1-4H3,(H,11,12). The van der Waals surface area contributed by atoms with Crippen molar-refractivity contribution in [3.05, 3.63) is 0 Å². The molecule has 1 heterocycles. The Morgan fingerprint density at radius 2 is 2.00 bits per heavy atom. The molecular formula is C9H15NO3. The second kappa shape index (κ2) is 2.72. The first-order valence-electron chi connectivity index (χ1n) is 4.30. The van der Waals surface area contributed by atoms with Gasteiger partial charge in [-0.05, 0) is 0 Å². The first-order valence-corrected chi connectivity index (χ1v) is 4.30. The van der Waals surface area contributed by atoms with Gasteiger partial charge < -0.3 is 10.0 Å². The normalized spacial score (nSPS) is 32.3. The second-order valence-electron chi connectivity index (χ2n) is 4.21. The lowest BCUT2D eigenvalue weighted by molar-refractivity contribution is -0.146. The maximum Gasteiger partial charge on any atom is 0.326 e. The molecule has 0 aromatic rings. The van der Waals surface area contributed by atoms with E-state index in [1.54, 1.807) is 27.8 Å². The number of likely N-dealkylation sites (N-methyl/N-ethyl adjacent to an activating group) is 1. The molecule has 1 rings (SSSR count). The van der Waals surface area contributed by atoms with Gasteiger partial charge in [0, 0.05) is 18.4 Å². The van der Waals surface area contributed by atoms with Gasteiger partial charge in [0.05, 0.1) is 0 Å². The van der Waals surface area contributed by atoms with Crippen LogP contribution in [-0.4, -0.2) is 35.0 Å². The number of nitrogens with zero attached hydrogens (tertiary/aromatic N) is 1. The number of rotatable bonds is 1. The Hall–Kier alpha value is -1.06. The molecule has 0 bridgehead atoms. The van der Waals surface area contributed by atoms with Crippen LogP contribution in [-0.2, 0) is 9.59 Å². The molecule has 0 aliphatic carbocycles. The van der Waals surface area contributed by atoms with Crippen molar-refractivity contribution in [2.45, 2.75) is 26.8 Å². The highest BCUT2D eigenvalue weighted by molar-refractivity contribution is 5.91. The fraction of sp³-hybridized carbons (Fsp3) is 0.778. The average Bonchev–Trinajstić information content (AvgIpc) is 2.14. The Morgan fingerprint density at radius 1 is 1.54 bits per heavy atom. The van der Waals surface area contributed by atoms with Gasteiger partial charge in [0.25, 0.3) is 0 Å². The Labute approximate surface area is 77.5 Å². The third-order valence-corrected chi connectivity index (χ3v) is 3.15. The molecule has 2 unspecified atom stereocenters. The van der Waals surface area contributed by atoms with Crippen molar-refractivity contribution in [3.63, 3.8) is 0 Å². The molecule has 0 radical (unpaired) electrons. The molecule has 0 aromatic heterocycles. The third-order valence-electron chi connectivity index (χ3n) is 3.15. The van der Waals surface area contributed by atoms with Crippen LogP contribution in [0.15, 0.2) is 0 Å². The highest BCUT2D eigenvalue weighted by Gasteiger charge is 2.52. The van der Waals surface area contributed by atoms with Gasteiger partial charge in [-0.3, -0.25) is 4.79 Å². The molecule has 13 heavy (non-hydrogen) atoms. The summed E-state index contributed by atoms with van der Waals surface area (Å²) in [4.78, 5) is 23.8. The van der Waals surface area contributed by atoms with E-state index in [9.17, 15) is 9.59 Å². The first kappa shape index (κ1) is 10.0.